The van der Waals surface area contributed by atoms with Crippen LogP contribution in [-0.4, -0.2) is 23.8 Å². The largest absolute Gasteiger partial charge is 0.375 e. The summed E-state index contributed by atoms with van der Waals surface area (Å²) in [6.07, 6.45) is 6.32. The number of fused-ring (bicyclic) bond motifs is 1. The standard InChI is InChI=1S/C21H18BrNO3/c1-23-19-12-11-16(22)13-18(19)21(26,20(23)25)14-17(24)10-6-5-9-15-7-3-2-4-8-15/h2-13,26H,14H2,1H3/b9-5+,10-6+/t21-/m1/s1. The van der Waals surface area contributed by atoms with Crippen molar-refractivity contribution in [2.45, 2.75) is 12.0 Å². The van der Waals surface area contributed by atoms with Crippen LogP contribution >= 0.6 is 15.9 Å². The molecule has 1 aliphatic rings. The Balaban J connectivity index is 1.75. The summed E-state index contributed by atoms with van der Waals surface area (Å²) in [7, 11) is 1.59. The van der Waals surface area contributed by atoms with E-state index in [2.05, 4.69) is 15.9 Å². The second-order valence-electron chi connectivity index (χ2n) is 6.16. The van der Waals surface area contributed by atoms with Crippen molar-refractivity contribution in [3.05, 3.63) is 82.4 Å². The summed E-state index contributed by atoms with van der Waals surface area (Å²) in [5, 5.41) is 10.9. The van der Waals surface area contributed by atoms with Crippen LogP contribution in [0.25, 0.3) is 6.08 Å². The van der Waals surface area contributed by atoms with Crippen molar-refractivity contribution in [1.29, 1.82) is 0 Å². The van der Waals surface area contributed by atoms with E-state index < -0.39 is 11.5 Å². The Kier molecular flexibility index (Phi) is 5.20. The topological polar surface area (TPSA) is 57.6 Å². The van der Waals surface area contributed by atoms with Crippen LogP contribution in [0.1, 0.15) is 17.5 Å². The van der Waals surface area contributed by atoms with E-state index in [4.69, 9.17) is 0 Å². The quantitative estimate of drug-likeness (QED) is 0.600. The molecule has 0 spiro atoms. The number of rotatable bonds is 5. The van der Waals surface area contributed by atoms with Gasteiger partial charge in [0.1, 0.15) is 0 Å². The molecule has 0 aromatic heterocycles. The zero-order valence-corrected chi connectivity index (χ0v) is 15.8. The number of aliphatic hydroxyl groups is 1. The lowest BCUT2D eigenvalue weighted by atomic mass is 9.90. The summed E-state index contributed by atoms with van der Waals surface area (Å²) in [6, 6.07) is 14.9. The normalized spacial score (nSPS) is 19.5. The number of ketones is 1. The molecule has 1 amide bonds. The maximum atomic E-state index is 12.5. The van der Waals surface area contributed by atoms with Crippen molar-refractivity contribution in [3.63, 3.8) is 0 Å². The van der Waals surface area contributed by atoms with Crippen LogP contribution in [0.15, 0.2) is 71.2 Å². The number of carbonyl (C=O) groups is 2. The SMILES string of the molecule is CN1C(=O)[C@@](O)(CC(=O)/C=C/C=C/c2ccccc2)c2cc(Br)ccc21. The van der Waals surface area contributed by atoms with Crippen molar-refractivity contribution < 1.29 is 14.7 Å². The molecular weight excluding hydrogens is 394 g/mol. The number of anilines is 1. The highest BCUT2D eigenvalue weighted by Gasteiger charge is 2.49. The smallest absolute Gasteiger partial charge is 0.263 e. The van der Waals surface area contributed by atoms with Crippen LogP contribution in [0.2, 0.25) is 0 Å². The Hall–Kier alpha value is -2.50. The molecule has 1 atom stereocenters. The highest BCUT2D eigenvalue weighted by molar-refractivity contribution is 9.10. The second-order valence-corrected chi connectivity index (χ2v) is 7.07. The molecule has 0 saturated carbocycles. The zero-order chi connectivity index (χ0) is 18.7. The van der Waals surface area contributed by atoms with Gasteiger partial charge in [0.15, 0.2) is 11.4 Å². The van der Waals surface area contributed by atoms with Gasteiger partial charge in [0, 0.05) is 17.1 Å². The highest BCUT2D eigenvalue weighted by atomic mass is 79.9. The van der Waals surface area contributed by atoms with Gasteiger partial charge >= 0.3 is 0 Å². The zero-order valence-electron chi connectivity index (χ0n) is 14.2. The third-order valence-corrected chi connectivity index (χ3v) is 4.83. The van der Waals surface area contributed by atoms with Crippen molar-refractivity contribution in [2.24, 2.45) is 0 Å². The molecule has 2 aromatic rings. The van der Waals surface area contributed by atoms with Gasteiger partial charge in [-0.3, -0.25) is 9.59 Å². The summed E-state index contributed by atoms with van der Waals surface area (Å²) in [6.45, 7) is 0. The first-order valence-electron chi connectivity index (χ1n) is 8.15. The number of carbonyl (C=O) groups excluding carboxylic acids is 2. The van der Waals surface area contributed by atoms with Crippen molar-refractivity contribution >= 4 is 39.4 Å². The molecule has 0 aliphatic carbocycles. The highest BCUT2D eigenvalue weighted by Crippen LogP contribution is 2.42. The third-order valence-electron chi connectivity index (χ3n) is 4.34. The van der Waals surface area contributed by atoms with Crippen LogP contribution in [0.5, 0.6) is 0 Å². The fraction of sp³-hybridized carbons (Fsp3) is 0.143. The Morgan fingerprint density at radius 3 is 2.65 bits per heavy atom. The molecule has 0 fully saturated rings. The summed E-state index contributed by atoms with van der Waals surface area (Å²) >= 11 is 3.35. The van der Waals surface area contributed by atoms with E-state index in [0.29, 0.717) is 11.3 Å². The van der Waals surface area contributed by atoms with E-state index in [0.717, 1.165) is 10.0 Å². The average molecular weight is 412 g/mol. The van der Waals surface area contributed by atoms with Gasteiger partial charge in [0.25, 0.3) is 5.91 Å². The minimum Gasteiger partial charge on any atom is -0.375 e. The molecule has 0 bridgehead atoms. The molecule has 26 heavy (non-hydrogen) atoms. The number of allylic oxidation sites excluding steroid dienone is 3. The molecule has 132 valence electrons. The Labute approximate surface area is 160 Å². The van der Waals surface area contributed by atoms with Crippen LogP contribution < -0.4 is 4.90 Å². The van der Waals surface area contributed by atoms with Gasteiger partial charge in [-0.15, -0.1) is 0 Å². The van der Waals surface area contributed by atoms with Gasteiger partial charge in [-0.05, 0) is 29.8 Å². The molecule has 0 radical (unpaired) electrons. The number of amides is 1. The molecule has 0 saturated heterocycles. The molecule has 1 heterocycles. The first-order valence-corrected chi connectivity index (χ1v) is 8.94. The van der Waals surface area contributed by atoms with Gasteiger partial charge in [0.2, 0.25) is 0 Å². The molecule has 3 rings (SSSR count). The fourth-order valence-electron chi connectivity index (χ4n) is 3.01. The number of hydrogen-bond donors (Lipinski definition) is 1. The third kappa shape index (κ3) is 3.54. The van der Waals surface area contributed by atoms with E-state index in [1.54, 1.807) is 37.4 Å². The summed E-state index contributed by atoms with van der Waals surface area (Å²) in [5.74, 6) is -0.813. The van der Waals surface area contributed by atoms with Gasteiger partial charge in [-0.25, -0.2) is 0 Å². The maximum absolute atomic E-state index is 12.5. The van der Waals surface area contributed by atoms with Crippen LogP contribution in [0, 0.1) is 0 Å². The lowest BCUT2D eigenvalue weighted by molar-refractivity contribution is -0.140. The monoisotopic (exact) mass is 411 g/mol. The van der Waals surface area contributed by atoms with E-state index >= 15 is 0 Å². The number of benzene rings is 2. The van der Waals surface area contributed by atoms with Crippen molar-refractivity contribution in [3.8, 4) is 0 Å². The lowest BCUT2D eigenvalue weighted by Crippen LogP contribution is -2.40. The van der Waals surface area contributed by atoms with Crippen molar-refractivity contribution in [1.82, 2.24) is 0 Å². The first kappa shape index (κ1) is 18.3. The van der Waals surface area contributed by atoms with Crippen molar-refractivity contribution in [2.75, 3.05) is 11.9 Å². The van der Waals surface area contributed by atoms with Gasteiger partial charge < -0.3 is 10.0 Å². The van der Waals surface area contributed by atoms with E-state index in [1.165, 1.54) is 11.0 Å². The van der Waals surface area contributed by atoms with Gasteiger partial charge in [-0.2, -0.15) is 0 Å². The predicted molar refractivity (Wildman–Crippen MR) is 106 cm³/mol. The molecule has 2 aromatic carbocycles. The molecule has 5 heteroatoms. The fourth-order valence-corrected chi connectivity index (χ4v) is 3.37. The number of hydrogen-bond acceptors (Lipinski definition) is 3. The number of nitrogens with zero attached hydrogens (tertiary/aromatic N) is 1. The Morgan fingerprint density at radius 2 is 1.92 bits per heavy atom. The summed E-state index contributed by atoms with van der Waals surface area (Å²) in [5.41, 5.74) is 0.246. The Morgan fingerprint density at radius 1 is 1.19 bits per heavy atom. The van der Waals surface area contributed by atoms with Gasteiger partial charge in [-0.1, -0.05) is 64.5 Å². The van der Waals surface area contributed by atoms with Crippen LogP contribution in [0.4, 0.5) is 5.69 Å². The minimum absolute atomic E-state index is 0.296. The second kappa shape index (κ2) is 7.40. The number of likely N-dealkylation sites (N-methyl/N-ethyl adjacent to an activating group) is 1. The summed E-state index contributed by atoms with van der Waals surface area (Å²) < 4.78 is 0.742. The minimum atomic E-state index is -1.83. The maximum Gasteiger partial charge on any atom is 0.263 e. The number of halogens is 1. The van der Waals surface area contributed by atoms with E-state index in [9.17, 15) is 14.7 Å². The van der Waals surface area contributed by atoms with E-state index in [-0.39, 0.29) is 12.2 Å². The van der Waals surface area contributed by atoms with Gasteiger partial charge in [0.05, 0.1) is 12.1 Å². The Bertz CT molecular complexity index is 905. The average Bonchev–Trinajstić information content (AvgIpc) is 2.81. The van der Waals surface area contributed by atoms with E-state index in [1.807, 2.05) is 36.4 Å². The summed E-state index contributed by atoms with van der Waals surface area (Å²) in [4.78, 5) is 26.2. The predicted octanol–water partition coefficient (Wildman–Crippen LogP) is 3.84. The van der Waals surface area contributed by atoms with Crippen LogP contribution in [0.3, 0.4) is 0 Å². The molecule has 1 N–H and O–H groups in total. The molecule has 0 unspecified atom stereocenters. The lowest BCUT2D eigenvalue weighted by Gasteiger charge is -2.20. The first-order chi connectivity index (χ1) is 12.4. The molecule has 4 nitrogen and oxygen atoms in total. The molecule has 1 aliphatic heterocycles. The van der Waals surface area contributed by atoms with Crippen LogP contribution in [-0.2, 0) is 15.2 Å². The molecular formula is C21H18BrNO3.